The third-order valence-corrected chi connectivity index (χ3v) is 4.78. The normalized spacial score (nSPS) is 11.6. The summed E-state index contributed by atoms with van der Waals surface area (Å²) in [7, 11) is 0. The summed E-state index contributed by atoms with van der Waals surface area (Å²) in [6.07, 6.45) is 0. The van der Waals surface area contributed by atoms with Crippen LogP contribution in [0.4, 0.5) is 0 Å². The number of hydrogen-bond acceptors (Lipinski definition) is 2. The van der Waals surface area contributed by atoms with Crippen LogP contribution in [0.25, 0.3) is 38.8 Å². The Morgan fingerprint density at radius 1 is 0.840 bits per heavy atom. The summed E-state index contributed by atoms with van der Waals surface area (Å²) in [5, 5.41) is 13.7. The first-order valence-corrected chi connectivity index (χ1v) is 8.38. The van der Waals surface area contributed by atoms with E-state index in [-0.39, 0.29) is 5.88 Å². The Hall–Kier alpha value is -3.04. The van der Waals surface area contributed by atoms with Crippen LogP contribution in [-0.4, -0.2) is 14.7 Å². The Kier molecular flexibility index (Phi) is 2.99. The fourth-order valence-electron chi connectivity index (χ4n) is 3.47. The first-order chi connectivity index (χ1) is 12.2. The highest BCUT2D eigenvalue weighted by atomic mass is 35.5. The number of pyridine rings is 1. The molecule has 0 aliphatic carbocycles. The average molecular weight is 345 g/mol. The van der Waals surface area contributed by atoms with Gasteiger partial charge in [0.15, 0.2) is 0 Å². The predicted octanol–water partition coefficient (Wildman–Crippen LogP) is 5.64. The van der Waals surface area contributed by atoms with Gasteiger partial charge in [0.05, 0.1) is 22.3 Å². The first-order valence-electron chi connectivity index (χ1n) is 8.01. The molecule has 120 valence electrons. The van der Waals surface area contributed by atoms with Crippen molar-refractivity contribution in [2.24, 2.45) is 0 Å². The van der Waals surface area contributed by atoms with Crippen molar-refractivity contribution in [3.8, 4) is 22.8 Å². The van der Waals surface area contributed by atoms with Crippen LogP contribution in [0.3, 0.4) is 0 Å². The Labute approximate surface area is 149 Å². The molecule has 1 N–H and O–H groups in total. The molecule has 0 spiro atoms. The molecular weight excluding hydrogens is 332 g/mol. The number of aromatic hydroxyl groups is 1. The molecule has 0 fully saturated rings. The van der Waals surface area contributed by atoms with Gasteiger partial charge >= 0.3 is 0 Å². The lowest BCUT2D eigenvalue weighted by Gasteiger charge is -2.17. The number of hydrogen-bond donors (Lipinski definition) is 1. The van der Waals surface area contributed by atoms with Gasteiger partial charge in [0.25, 0.3) is 0 Å². The van der Waals surface area contributed by atoms with Gasteiger partial charge < -0.3 is 5.11 Å². The summed E-state index contributed by atoms with van der Waals surface area (Å²) in [6.45, 7) is 0. The molecule has 3 aromatic carbocycles. The van der Waals surface area contributed by atoms with E-state index in [1.54, 1.807) is 0 Å². The molecule has 3 nitrogen and oxygen atoms in total. The van der Waals surface area contributed by atoms with Crippen LogP contribution in [0.5, 0.6) is 5.88 Å². The Morgan fingerprint density at radius 2 is 1.60 bits per heavy atom. The molecule has 0 unspecified atom stereocenters. The van der Waals surface area contributed by atoms with Crippen molar-refractivity contribution in [1.82, 2.24) is 9.55 Å². The van der Waals surface area contributed by atoms with Crippen LogP contribution >= 0.6 is 11.6 Å². The van der Waals surface area contributed by atoms with Crippen molar-refractivity contribution in [2.45, 2.75) is 0 Å². The number of nitrogens with zero attached hydrogens (tertiary/aromatic N) is 2. The highest BCUT2D eigenvalue weighted by Crippen LogP contribution is 2.44. The number of rotatable bonds is 1. The summed E-state index contributed by atoms with van der Waals surface area (Å²) in [4.78, 5) is 4.74. The Morgan fingerprint density at radius 3 is 2.44 bits per heavy atom. The third kappa shape index (κ3) is 2.03. The van der Waals surface area contributed by atoms with Crippen LogP contribution in [0, 0.1) is 0 Å². The molecule has 5 rings (SSSR count). The molecule has 0 saturated heterocycles. The minimum atomic E-state index is 0.185. The van der Waals surface area contributed by atoms with Crippen molar-refractivity contribution in [2.75, 3.05) is 0 Å². The molecule has 4 heteroatoms. The monoisotopic (exact) mass is 344 g/mol. The fraction of sp³-hybridized carbons (Fsp3) is 0. The van der Waals surface area contributed by atoms with Gasteiger partial charge in [-0.3, -0.25) is 4.57 Å². The molecule has 0 saturated carbocycles. The Balaban J connectivity index is 2.04. The molecule has 2 aliphatic heterocycles. The molecule has 2 heterocycles. The van der Waals surface area contributed by atoms with E-state index in [0.717, 1.165) is 38.8 Å². The second-order valence-corrected chi connectivity index (χ2v) is 6.45. The van der Waals surface area contributed by atoms with E-state index in [1.807, 2.05) is 77.4 Å². The van der Waals surface area contributed by atoms with Gasteiger partial charge in [0.2, 0.25) is 5.88 Å². The smallest absolute Gasteiger partial charge is 0.206 e. The highest BCUT2D eigenvalue weighted by molar-refractivity contribution is 6.31. The van der Waals surface area contributed by atoms with Crippen molar-refractivity contribution in [3.63, 3.8) is 0 Å². The zero-order valence-corrected chi connectivity index (χ0v) is 13.9. The van der Waals surface area contributed by atoms with Gasteiger partial charge in [-0.1, -0.05) is 54.1 Å². The topological polar surface area (TPSA) is 38.1 Å². The van der Waals surface area contributed by atoms with Crippen molar-refractivity contribution < 1.29 is 5.11 Å². The van der Waals surface area contributed by atoms with E-state index in [9.17, 15) is 5.11 Å². The second-order valence-electron chi connectivity index (χ2n) is 6.01. The zero-order chi connectivity index (χ0) is 17.0. The lowest BCUT2D eigenvalue weighted by Crippen LogP contribution is -2.01. The first kappa shape index (κ1) is 14.3. The predicted molar refractivity (Wildman–Crippen MR) is 102 cm³/mol. The van der Waals surface area contributed by atoms with Crippen molar-refractivity contribution >= 4 is 33.4 Å². The lowest BCUT2D eigenvalue weighted by atomic mass is 10.0. The van der Waals surface area contributed by atoms with Gasteiger partial charge in [-0.05, 0) is 30.3 Å². The summed E-state index contributed by atoms with van der Waals surface area (Å²) < 4.78 is 1.87. The maximum absolute atomic E-state index is 11.1. The molecule has 0 amide bonds. The minimum Gasteiger partial charge on any atom is -0.494 e. The van der Waals surface area contributed by atoms with Crippen LogP contribution in [0.1, 0.15) is 0 Å². The average Bonchev–Trinajstić information content (AvgIpc) is 3.02. The van der Waals surface area contributed by atoms with Gasteiger partial charge in [0, 0.05) is 21.5 Å². The summed E-state index contributed by atoms with van der Waals surface area (Å²) in [5.41, 5.74) is 4.13. The van der Waals surface area contributed by atoms with E-state index in [0.29, 0.717) is 5.02 Å². The highest BCUT2D eigenvalue weighted by Gasteiger charge is 2.23. The Bertz CT molecular complexity index is 1210. The number of fused-ring (bicyclic) bond motifs is 5. The maximum atomic E-state index is 11.1. The lowest BCUT2D eigenvalue weighted by molar-refractivity contribution is 0.444. The van der Waals surface area contributed by atoms with Crippen LogP contribution in [-0.2, 0) is 0 Å². The van der Waals surface area contributed by atoms with E-state index in [4.69, 9.17) is 16.6 Å². The van der Waals surface area contributed by atoms with E-state index in [2.05, 4.69) is 0 Å². The van der Waals surface area contributed by atoms with Gasteiger partial charge in [-0.15, -0.1) is 0 Å². The number of halogens is 1. The molecule has 0 aromatic heterocycles. The van der Waals surface area contributed by atoms with Gasteiger partial charge in [-0.25, -0.2) is 4.98 Å². The number of para-hydroxylation sites is 2. The molecule has 3 aromatic rings. The molecule has 2 aliphatic rings. The molecule has 0 radical (unpaired) electrons. The molecule has 25 heavy (non-hydrogen) atoms. The van der Waals surface area contributed by atoms with Gasteiger partial charge in [-0.2, -0.15) is 0 Å². The number of benzene rings is 3. The third-order valence-electron chi connectivity index (χ3n) is 4.55. The van der Waals surface area contributed by atoms with Crippen LogP contribution in [0.15, 0.2) is 72.8 Å². The zero-order valence-electron chi connectivity index (χ0n) is 13.1. The van der Waals surface area contributed by atoms with Crippen LogP contribution in [0.2, 0.25) is 5.02 Å². The summed E-state index contributed by atoms with van der Waals surface area (Å²) in [6, 6.07) is 23.4. The molecule has 0 bridgehead atoms. The SMILES string of the molecule is Oc1c2c3ccc(Cl)cc3nc-2c2ccccc2n1-c1ccccc1. The molecule has 0 atom stereocenters. The largest absolute Gasteiger partial charge is 0.494 e. The molecular formula is C21H13ClN2O. The van der Waals surface area contributed by atoms with Crippen LogP contribution < -0.4 is 0 Å². The van der Waals surface area contributed by atoms with E-state index >= 15 is 0 Å². The van der Waals surface area contributed by atoms with E-state index < -0.39 is 0 Å². The fourth-order valence-corrected chi connectivity index (χ4v) is 3.63. The van der Waals surface area contributed by atoms with Crippen molar-refractivity contribution in [3.05, 3.63) is 77.8 Å². The summed E-state index contributed by atoms with van der Waals surface area (Å²) >= 11 is 6.12. The summed E-state index contributed by atoms with van der Waals surface area (Å²) in [5.74, 6) is 0.185. The van der Waals surface area contributed by atoms with Gasteiger partial charge in [0.1, 0.15) is 0 Å². The second kappa shape index (κ2) is 5.23. The minimum absolute atomic E-state index is 0.185. The van der Waals surface area contributed by atoms with Crippen molar-refractivity contribution in [1.29, 1.82) is 0 Å². The quantitative estimate of drug-likeness (QED) is 0.427. The number of aromatic nitrogens is 2. The maximum Gasteiger partial charge on any atom is 0.206 e. The van der Waals surface area contributed by atoms with E-state index in [1.165, 1.54) is 0 Å². The standard InChI is InChI=1S/C21H13ClN2O/c22-13-10-11-15-17(12-13)23-20-16-8-4-5-9-18(16)24(21(25)19(15)20)14-6-2-1-3-7-14/h1-12,25H.